The Bertz CT molecular complexity index is 428. The standard InChI is InChI=1S/C14H23BrN4/c1-10-3-6-19(7-4-10)8-5-17-14-13(15)11(2)12(16)9-18-14/h9-10H,3-8,16H2,1-2H3,(H,17,18). The van der Waals surface area contributed by atoms with Gasteiger partial charge in [0.2, 0.25) is 0 Å². The fraction of sp³-hybridized carbons (Fsp3) is 0.643. The molecule has 1 aromatic heterocycles. The predicted octanol–water partition coefficient (Wildman–Crippen LogP) is 2.88. The van der Waals surface area contributed by atoms with Gasteiger partial charge < -0.3 is 16.0 Å². The van der Waals surface area contributed by atoms with Crippen molar-refractivity contribution in [1.82, 2.24) is 9.88 Å². The molecule has 0 aromatic carbocycles. The van der Waals surface area contributed by atoms with Crippen LogP contribution in [0.15, 0.2) is 10.7 Å². The SMILES string of the molecule is Cc1c(N)cnc(NCCN2CCC(C)CC2)c1Br. The molecular weight excluding hydrogens is 304 g/mol. The Morgan fingerprint density at radius 3 is 2.84 bits per heavy atom. The summed E-state index contributed by atoms with van der Waals surface area (Å²) in [5, 5.41) is 3.38. The largest absolute Gasteiger partial charge is 0.397 e. The average molecular weight is 327 g/mol. The second-order valence-electron chi connectivity index (χ2n) is 5.45. The van der Waals surface area contributed by atoms with Gasteiger partial charge in [-0.05, 0) is 60.3 Å². The molecule has 1 aliphatic rings. The van der Waals surface area contributed by atoms with E-state index in [-0.39, 0.29) is 0 Å². The number of hydrogen-bond acceptors (Lipinski definition) is 4. The van der Waals surface area contributed by atoms with Crippen molar-refractivity contribution in [3.05, 3.63) is 16.2 Å². The Labute approximate surface area is 123 Å². The molecule has 1 aliphatic heterocycles. The summed E-state index contributed by atoms with van der Waals surface area (Å²) >= 11 is 3.55. The number of nitrogens with one attached hydrogen (secondary N) is 1. The molecule has 1 aromatic rings. The molecule has 2 rings (SSSR count). The lowest BCUT2D eigenvalue weighted by molar-refractivity contribution is 0.199. The predicted molar refractivity (Wildman–Crippen MR) is 84.4 cm³/mol. The van der Waals surface area contributed by atoms with Crippen LogP contribution in [0.3, 0.4) is 0 Å². The quantitative estimate of drug-likeness (QED) is 0.893. The second-order valence-corrected chi connectivity index (χ2v) is 6.25. The van der Waals surface area contributed by atoms with Gasteiger partial charge in [-0.3, -0.25) is 0 Å². The monoisotopic (exact) mass is 326 g/mol. The number of nitrogens with zero attached hydrogens (tertiary/aromatic N) is 2. The first-order chi connectivity index (χ1) is 9.08. The number of likely N-dealkylation sites (tertiary alicyclic amines) is 1. The number of anilines is 2. The van der Waals surface area contributed by atoms with Crippen molar-refractivity contribution in [2.24, 2.45) is 5.92 Å². The Morgan fingerprint density at radius 2 is 2.16 bits per heavy atom. The first-order valence-corrected chi connectivity index (χ1v) is 7.74. The van der Waals surface area contributed by atoms with E-state index in [1.807, 2.05) is 6.92 Å². The average Bonchev–Trinajstić information content (AvgIpc) is 2.41. The van der Waals surface area contributed by atoms with Crippen molar-refractivity contribution < 1.29 is 0 Å². The van der Waals surface area contributed by atoms with Crippen LogP contribution in [0.1, 0.15) is 25.3 Å². The molecule has 19 heavy (non-hydrogen) atoms. The molecule has 0 amide bonds. The highest BCUT2D eigenvalue weighted by Crippen LogP contribution is 2.27. The number of rotatable bonds is 4. The minimum Gasteiger partial charge on any atom is -0.397 e. The number of aromatic nitrogens is 1. The fourth-order valence-electron chi connectivity index (χ4n) is 2.33. The van der Waals surface area contributed by atoms with Crippen LogP contribution in [0.2, 0.25) is 0 Å². The van der Waals surface area contributed by atoms with Crippen LogP contribution >= 0.6 is 15.9 Å². The molecule has 0 unspecified atom stereocenters. The molecule has 0 spiro atoms. The van der Waals surface area contributed by atoms with Crippen LogP contribution in [-0.4, -0.2) is 36.1 Å². The Kier molecular flexibility index (Phi) is 5.05. The van der Waals surface area contributed by atoms with Crippen LogP contribution in [0.5, 0.6) is 0 Å². The molecule has 106 valence electrons. The van der Waals surface area contributed by atoms with Gasteiger partial charge in [-0.1, -0.05) is 6.92 Å². The molecule has 2 heterocycles. The van der Waals surface area contributed by atoms with E-state index in [1.54, 1.807) is 6.20 Å². The van der Waals surface area contributed by atoms with Crippen molar-refractivity contribution in [2.45, 2.75) is 26.7 Å². The van der Waals surface area contributed by atoms with Crippen molar-refractivity contribution in [3.8, 4) is 0 Å². The zero-order valence-corrected chi connectivity index (χ0v) is 13.3. The molecule has 0 aliphatic carbocycles. The third-order valence-corrected chi connectivity index (χ3v) is 4.87. The highest BCUT2D eigenvalue weighted by molar-refractivity contribution is 9.10. The van der Waals surface area contributed by atoms with Gasteiger partial charge in [0.1, 0.15) is 5.82 Å². The summed E-state index contributed by atoms with van der Waals surface area (Å²) in [5.41, 5.74) is 7.59. The number of pyridine rings is 1. The second kappa shape index (κ2) is 6.57. The maximum atomic E-state index is 5.82. The summed E-state index contributed by atoms with van der Waals surface area (Å²) in [6, 6.07) is 0. The van der Waals surface area contributed by atoms with Gasteiger partial charge in [0.05, 0.1) is 16.4 Å². The van der Waals surface area contributed by atoms with Crippen LogP contribution in [-0.2, 0) is 0 Å². The lowest BCUT2D eigenvalue weighted by atomic mass is 9.99. The zero-order valence-electron chi connectivity index (χ0n) is 11.7. The third-order valence-electron chi connectivity index (χ3n) is 3.90. The zero-order chi connectivity index (χ0) is 13.8. The number of hydrogen-bond donors (Lipinski definition) is 2. The Hall–Kier alpha value is -0.810. The molecule has 5 heteroatoms. The van der Waals surface area contributed by atoms with Gasteiger partial charge >= 0.3 is 0 Å². The van der Waals surface area contributed by atoms with Crippen molar-refractivity contribution in [2.75, 3.05) is 37.2 Å². The topological polar surface area (TPSA) is 54.2 Å². The van der Waals surface area contributed by atoms with E-state index < -0.39 is 0 Å². The van der Waals surface area contributed by atoms with E-state index in [4.69, 9.17) is 5.73 Å². The first kappa shape index (κ1) is 14.6. The summed E-state index contributed by atoms with van der Waals surface area (Å²) in [7, 11) is 0. The molecule has 4 nitrogen and oxygen atoms in total. The molecular formula is C14H23BrN4. The minimum absolute atomic E-state index is 0.724. The van der Waals surface area contributed by atoms with E-state index in [9.17, 15) is 0 Å². The summed E-state index contributed by atoms with van der Waals surface area (Å²) in [5.74, 6) is 1.77. The van der Waals surface area contributed by atoms with Crippen LogP contribution in [0.25, 0.3) is 0 Å². The van der Waals surface area contributed by atoms with Crippen molar-refractivity contribution >= 4 is 27.4 Å². The van der Waals surface area contributed by atoms with E-state index >= 15 is 0 Å². The first-order valence-electron chi connectivity index (χ1n) is 6.94. The van der Waals surface area contributed by atoms with E-state index in [0.29, 0.717) is 0 Å². The molecule has 1 saturated heterocycles. The Morgan fingerprint density at radius 1 is 1.47 bits per heavy atom. The third kappa shape index (κ3) is 3.83. The van der Waals surface area contributed by atoms with Crippen LogP contribution in [0.4, 0.5) is 11.5 Å². The van der Waals surface area contributed by atoms with Gasteiger partial charge in [0, 0.05) is 13.1 Å². The van der Waals surface area contributed by atoms with E-state index in [2.05, 4.69) is 38.1 Å². The van der Waals surface area contributed by atoms with Crippen LogP contribution < -0.4 is 11.1 Å². The molecule has 0 radical (unpaired) electrons. The smallest absolute Gasteiger partial charge is 0.140 e. The minimum atomic E-state index is 0.724. The number of nitrogen functional groups attached to an aromatic ring is 1. The maximum Gasteiger partial charge on any atom is 0.140 e. The molecule has 3 N–H and O–H groups in total. The van der Waals surface area contributed by atoms with Gasteiger partial charge in [0.15, 0.2) is 0 Å². The van der Waals surface area contributed by atoms with E-state index in [0.717, 1.165) is 40.5 Å². The lowest BCUT2D eigenvalue weighted by Crippen LogP contribution is -2.36. The number of halogens is 1. The normalized spacial score (nSPS) is 17.6. The van der Waals surface area contributed by atoms with Gasteiger partial charge in [-0.25, -0.2) is 4.98 Å². The lowest BCUT2D eigenvalue weighted by Gasteiger charge is -2.30. The highest BCUT2D eigenvalue weighted by Gasteiger charge is 2.15. The Balaban J connectivity index is 1.81. The van der Waals surface area contributed by atoms with Gasteiger partial charge in [-0.15, -0.1) is 0 Å². The van der Waals surface area contributed by atoms with Gasteiger partial charge in [0.25, 0.3) is 0 Å². The van der Waals surface area contributed by atoms with E-state index in [1.165, 1.54) is 25.9 Å². The summed E-state index contributed by atoms with van der Waals surface area (Å²) in [4.78, 5) is 6.85. The van der Waals surface area contributed by atoms with Crippen molar-refractivity contribution in [3.63, 3.8) is 0 Å². The maximum absolute atomic E-state index is 5.82. The van der Waals surface area contributed by atoms with Gasteiger partial charge in [-0.2, -0.15) is 0 Å². The van der Waals surface area contributed by atoms with Crippen molar-refractivity contribution in [1.29, 1.82) is 0 Å². The highest BCUT2D eigenvalue weighted by atomic mass is 79.9. The summed E-state index contributed by atoms with van der Waals surface area (Å²) < 4.78 is 0.972. The molecule has 0 saturated carbocycles. The number of piperidine rings is 1. The summed E-state index contributed by atoms with van der Waals surface area (Å²) in [6.07, 6.45) is 4.36. The molecule has 1 fully saturated rings. The molecule has 0 bridgehead atoms. The fourth-order valence-corrected chi connectivity index (χ4v) is 2.80. The van der Waals surface area contributed by atoms with Crippen LogP contribution in [0, 0.1) is 12.8 Å². The number of nitrogens with two attached hydrogens (primary N) is 1. The summed E-state index contributed by atoms with van der Waals surface area (Å²) in [6.45, 7) is 8.77. The molecule has 0 atom stereocenters.